The van der Waals surface area contributed by atoms with Gasteiger partial charge in [0.2, 0.25) is 0 Å². The number of rotatable bonds is 4. The van der Waals surface area contributed by atoms with Crippen molar-refractivity contribution < 1.29 is 32.3 Å². The quantitative estimate of drug-likeness (QED) is 0.519. The molecular weight excluding hydrogens is 270 g/mol. The Morgan fingerprint density at radius 2 is 1.74 bits per heavy atom. The van der Waals surface area contributed by atoms with Crippen LogP contribution in [0.3, 0.4) is 0 Å². The highest BCUT2D eigenvalue weighted by atomic mass is 19.2. The molecule has 8 heteroatoms. The van der Waals surface area contributed by atoms with Crippen molar-refractivity contribution in [3.8, 4) is 0 Å². The Bertz CT molecular complexity index is 533. The van der Waals surface area contributed by atoms with Crippen LogP contribution >= 0.6 is 0 Å². The van der Waals surface area contributed by atoms with E-state index >= 15 is 0 Å². The number of carboxylic acids is 1. The summed E-state index contributed by atoms with van der Waals surface area (Å²) in [6, 6.07) is 0.195. The van der Waals surface area contributed by atoms with Crippen molar-refractivity contribution >= 4 is 11.9 Å². The smallest absolute Gasteiger partial charge is 0.323 e. The number of nitrogens with zero attached hydrogens (tertiary/aromatic N) is 1. The molecular formula is C11H9F4NO3. The van der Waals surface area contributed by atoms with E-state index in [9.17, 15) is 27.2 Å². The molecule has 19 heavy (non-hydrogen) atoms. The first-order valence-corrected chi connectivity index (χ1v) is 5.13. The van der Waals surface area contributed by atoms with Crippen LogP contribution in [0.5, 0.6) is 0 Å². The van der Waals surface area contributed by atoms with Gasteiger partial charge < -0.3 is 10.0 Å². The van der Waals surface area contributed by atoms with Gasteiger partial charge in [0.15, 0.2) is 23.3 Å². The maximum atomic E-state index is 13.4. The van der Waals surface area contributed by atoms with Gasteiger partial charge in [-0.1, -0.05) is 0 Å². The fraction of sp³-hybridized carbons (Fsp3) is 0.273. The number of hydrogen-bond acceptors (Lipinski definition) is 2. The monoisotopic (exact) mass is 279 g/mol. The van der Waals surface area contributed by atoms with E-state index < -0.39 is 47.3 Å². The first-order chi connectivity index (χ1) is 8.79. The Balaban J connectivity index is 3.22. The second kappa shape index (κ2) is 5.68. The molecule has 1 amide bonds. The average Bonchev–Trinajstić information content (AvgIpc) is 2.36. The van der Waals surface area contributed by atoms with Gasteiger partial charge in [0, 0.05) is 6.54 Å². The van der Waals surface area contributed by atoms with Crippen LogP contribution in [-0.2, 0) is 4.79 Å². The second-order valence-electron chi connectivity index (χ2n) is 3.56. The number of likely N-dealkylation sites (N-methyl/N-ethyl adjacent to an activating group) is 1. The molecule has 1 N–H and O–H groups in total. The van der Waals surface area contributed by atoms with E-state index in [2.05, 4.69) is 0 Å². The Hall–Kier alpha value is -2.12. The molecule has 0 unspecified atom stereocenters. The van der Waals surface area contributed by atoms with Gasteiger partial charge in [0.25, 0.3) is 5.91 Å². The van der Waals surface area contributed by atoms with Crippen molar-refractivity contribution in [2.24, 2.45) is 0 Å². The highest BCUT2D eigenvalue weighted by molar-refractivity contribution is 5.96. The summed E-state index contributed by atoms with van der Waals surface area (Å²) in [6.07, 6.45) is 0. The van der Waals surface area contributed by atoms with Gasteiger partial charge in [-0.2, -0.15) is 0 Å². The molecule has 104 valence electrons. The van der Waals surface area contributed by atoms with Crippen molar-refractivity contribution in [2.75, 3.05) is 13.1 Å². The summed E-state index contributed by atoms with van der Waals surface area (Å²) in [5, 5.41) is 8.54. The Morgan fingerprint density at radius 1 is 1.16 bits per heavy atom. The van der Waals surface area contributed by atoms with Crippen molar-refractivity contribution in [2.45, 2.75) is 6.92 Å². The highest BCUT2D eigenvalue weighted by Crippen LogP contribution is 2.20. The van der Waals surface area contributed by atoms with Gasteiger partial charge in [-0.05, 0) is 13.0 Å². The largest absolute Gasteiger partial charge is 0.480 e. The molecule has 0 saturated heterocycles. The zero-order valence-corrected chi connectivity index (χ0v) is 9.71. The summed E-state index contributed by atoms with van der Waals surface area (Å²) < 4.78 is 52.0. The molecule has 4 nitrogen and oxygen atoms in total. The molecule has 0 aliphatic heterocycles. The molecule has 0 radical (unpaired) electrons. The predicted molar refractivity (Wildman–Crippen MR) is 55.5 cm³/mol. The average molecular weight is 279 g/mol. The van der Waals surface area contributed by atoms with Crippen molar-refractivity contribution in [3.63, 3.8) is 0 Å². The van der Waals surface area contributed by atoms with E-state index in [0.717, 1.165) is 0 Å². The number of aliphatic carboxylic acids is 1. The fourth-order valence-corrected chi connectivity index (χ4v) is 1.39. The number of carbonyl (C=O) groups excluding carboxylic acids is 1. The number of halogens is 4. The Kier molecular flexibility index (Phi) is 4.47. The van der Waals surface area contributed by atoms with Crippen LogP contribution in [-0.4, -0.2) is 35.0 Å². The molecule has 1 aromatic rings. The van der Waals surface area contributed by atoms with E-state index in [1.54, 1.807) is 0 Å². The van der Waals surface area contributed by atoms with Crippen molar-refractivity contribution in [1.29, 1.82) is 0 Å². The molecule has 0 fully saturated rings. The zero-order chi connectivity index (χ0) is 14.7. The minimum Gasteiger partial charge on any atom is -0.480 e. The van der Waals surface area contributed by atoms with Crippen LogP contribution in [0.4, 0.5) is 17.6 Å². The SMILES string of the molecule is CCN(CC(=O)O)C(=O)c1cc(F)c(F)c(F)c1F. The molecule has 1 aromatic carbocycles. The predicted octanol–water partition coefficient (Wildman–Crippen LogP) is 1.79. The maximum Gasteiger partial charge on any atom is 0.323 e. The van der Waals surface area contributed by atoms with Crippen LogP contribution in [0.2, 0.25) is 0 Å². The van der Waals surface area contributed by atoms with Crippen LogP contribution in [0.1, 0.15) is 17.3 Å². The number of carboxylic acid groups (broad SMARTS) is 1. The summed E-state index contributed by atoms with van der Waals surface area (Å²) in [7, 11) is 0. The van der Waals surface area contributed by atoms with Crippen LogP contribution < -0.4 is 0 Å². The molecule has 1 rings (SSSR count). The van der Waals surface area contributed by atoms with Crippen LogP contribution in [0, 0.1) is 23.3 Å². The maximum absolute atomic E-state index is 13.4. The lowest BCUT2D eigenvalue weighted by Gasteiger charge is -2.19. The summed E-state index contributed by atoms with van der Waals surface area (Å²) in [5.41, 5.74) is -1.06. The topological polar surface area (TPSA) is 57.6 Å². The lowest BCUT2D eigenvalue weighted by molar-refractivity contribution is -0.137. The van der Waals surface area contributed by atoms with Gasteiger partial charge in [-0.3, -0.25) is 9.59 Å². The van der Waals surface area contributed by atoms with Crippen molar-refractivity contribution in [1.82, 2.24) is 4.90 Å². The summed E-state index contributed by atoms with van der Waals surface area (Å²) in [5.74, 6) is -10.3. The molecule has 0 atom stereocenters. The second-order valence-corrected chi connectivity index (χ2v) is 3.56. The normalized spacial score (nSPS) is 10.4. The van der Waals surface area contributed by atoms with E-state index in [4.69, 9.17) is 5.11 Å². The number of benzene rings is 1. The molecule has 0 aliphatic carbocycles. The molecule has 0 saturated carbocycles. The minimum atomic E-state index is -2.12. The molecule has 0 spiro atoms. The van der Waals surface area contributed by atoms with E-state index in [1.807, 2.05) is 0 Å². The molecule has 0 heterocycles. The zero-order valence-electron chi connectivity index (χ0n) is 9.71. The first-order valence-electron chi connectivity index (χ1n) is 5.13. The third kappa shape index (κ3) is 3.01. The Morgan fingerprint density at radius 3 is 2.21 bits per heavy atom. The van der Waals surface area contributed by atoms with Crippen molar-refractivity contribution in [3.05, 3.63) is 34.9 Å². The number of carbonyl (C=O) groups is 2. The summed E-state index contributed by atoms with van der Waals surface area (Å²) >= 11 is 0. The summed E-state index contributed by atoms with van der Waals surface area (Å²) in [6.45, 7) is 0.509. The van der Waals surface area contributed by atoms with Gasteiger partial charge in [0.05, 0.1) is 5.56 Å². The third-order valence-electron chi connectivity index (χ3n) is 2.33. The Labute approximate surface area is 105 Å². The highest BCUT2D eigenvalue weighted by Gasteiger charge is 2.26. The summed E-state index contributed by atoms with van der Waals surface area (Å²) in [4.78, 5) is 22.8. The fourth-order valence-electron chi connectivity index (χ4n) is 1.39. The van der Waals surface area contributed by atoms with Gasteiger partial charge in [-0.25, -0.2) is 17.6 Å². The minimum absolute atomic E-state index is 0.120. The lowest BCUT2D eigenvalue weighted by Crippen LogP contribution is -2.36. The van der Waals surface area contributed by atoms with Crippen LogP contribution in [0.25, 0.3) is 0 Å². The lowest BCUT2D eigenvalue weighted by atomic mass is 10.1. The van der Waals surface area contributed by atoms with Gasteiger partial charge >= 0.3 is 5.97 Å². The first kappa shape index (κ1) is 14.9. The number of amides is 1. The van der Waals surface area contributed by atoms with Crippen LogP contribution in [0.15, 0.2) is 6.07 Å². The van der Waals surface area contributed by atoms with E-state index in [0.29, 0.717) is 4.90 Å². The van der Waals surface area contributed by atoms with E-state index in [-0.39, 0.29) is 12.6 Å². The molecule has 0 aromatic heterocycles. The molecule has 0 aliphatic rings. The number of hydrogen-bond donors (Lipinski definition) is 1. The standard InChI is InChI=1S/C11H9F4NO3/c1-2-16(4-7(17)18)11(19)5-3-6(12)9(14)10(15)8(5)13/h3H,2,4H2,1H3,(H,17,18). The van der Waals surface area contributed by atoms with Gasteiger partial charge in [0.1, 0.15) is 6.54 Å². The van der Waals surface area contributed by atoms with Gasteiger partial charge in [-0.15, -0.1) is 0 Å². The van der Waals surface area contributed by atoms with E-state index in [1.165, 1.54) is 6.92 Å². The molecule has 0 bridgehead atoms. The third-order valence-corrected chi connectivity index (χ3v) is 2.33.